The lowest BCUT2D eigenvalue weighted by atomic mass is 10.1. The fourth-order valence-corrected chi connectivity index (χ4v) is 3.36. The molecule has 0 spiro atoms. The van der Waals surface area contributed by atoms with E-state index in [0.29, 0.717) is 17.5 Å². The highest BCUT2D eigenvalue weighted by atomic mass is 16.6. The Kier molecular flexibility index (Phi) is 3.73. The molecule has 0 heterocycles. The van der Waals surface area contributed by atoms with Crippen molar-refractivity contribution in [3.05, 3.63) is 46.5 Å². The molecular weight excluding hydrogens is 268 g/mol. The molecule has 0 saturated heterocycles. The van der Waals surface area contributed by atoms with Crippen molar-refractivity contribution in [2.75, 3.05) is 5.32 Å². The third kappa shape index (κ3) is 2.96. The number of amides is 1. The maximum atomic E-state index is 12.3. The standard InChI is InChI=1S/C16H18N2O3/c19-16(15-13-8-3-1-2-4-9-14(13)15)17-11-6-5-7-12(10-11)18(20)21/h1-2,5-7,10,13-15H,3-4,8-9H2,(H,17,19)/b2-1-/t13-,14-/m0/s1. The molecule has 2 atom stereocenters. The number of carbonyl (C=O) groups is 1. The molecule has 1 saturated carbocycles. The molecule has 2 aliphatic rings. The second kappa shape index (κ2) is 5.68. The lowest BCUT2D eigenvalue weighted by Gasteiger charge is -2.04. The molecule has 1 N–H and O–H groups in total. The fourth-order valence-electron chi connectivity index (χ4n) is 3.36. The first-order chi connectivity index (χ1) is 10.2. The van der Waals surface area contributed by atoms with Gasteiger partial charge in [-0.2, -0.15) is 0 Å². The van der Waals surface area contributed by atoms with Crippen molar-refractivity contribution in [3.63, 3.8) is 0 Å². The van der Waals surface area contributed by atoms with Crippen LogP contribution in [0.4, 0.5) is 11.4 Å². The lowest BCUT2D eigenvalue weighted by molar-refractivity contribution is -0.384. The van der Waals surface area contributed by atoms with Crippen LogP contribution in [0, 0.1) is 27.9 Å². The first kappa shape index (κ1) is 13.8. The first-order valence-corrected chi connectivity index (χ1v) is 7.37. The first-order valence-electron chi connectivity index (χ1n) is 7.37. The molecule has 21 heavy (non-hydrogen) atoms. The van der Waals surface area contributed by atoms with Crippen molar-refractivity contribution in [2.45, 2.75) is 25.7 Å². The number of allylic oxidation sites excluding steroid dienone is 2. The highest BCUT2D eigenvalue weighted by Gasteiger charge is 2.53. The topological polar surface area (TPSA) is 72.2 Å². The van der Waals surface area contributed by atoms with Gasteiger partial charge in [0, 0.05) is 23.7 Å². The van der Waals surface area contributed by atoms with Crippen LogP contribution in [-0.4, -0.2) is 10.8 Å². The second-order valence-electron chi connectivity index (χ2n) is 5.78. The normalized spacial score (nSPS) is 28.7. The summed E-state index contributed by atoms with van der Waals surface area (Å²) in [5, 5.41) is 13.6. The summed E-state index contributed by atoms with van der Waals surface area (Å²) in [7, 11) is 0. The quantitative estimate of drug-likeness (QED) is 0.525. The maximum absolute atomic E-state index is 12.3. The smallest absolute Gasteiger partial charge is 0.271 e. The Labute approximate surface area is 123 Å². The van der Waals surface area contributed by atoms with Gasteiger partial charge in [0.05, 0.1) is 4.92 Å². The molecule has 3 rings (SSSR count). The Bertz CT molecular complexity index is 581. The van der Waals surface area contributed by atoms with Crippen LogP contribution in [0.5, 0.6) is 0 Å². The molecular formula is C16H18N2O3. The summed E-state index contributed by atoms with van der Waals surface area (Å²) in [6.07, 6.45) is 8.61. The molecule has 5 heteroatoms. The van der Waals surface area contributed by atoms with Gasteiger partial charge in [-0.3, -0.25) is 14.9 Å². The van der Waals surface area contributed by atoms with Gasteiger partial charge in [-0.1, -0.05) is 18.2 Å². The van der Waals surface area contributed by atoms with Crippen molar-refractivity contribution >= 4 is 17.3 Å². The fraction of sp³-hybridized carbons (Fsp3) is 0.438. The van der Waals surface area contributed by atoms with E-state index >= 15 is 0 Å². The maximum Gasteiger partial charge on any atom is 0.271 e. The Morgan fingerprint density at radius 3 is 2.48 bits per heavy atom. The van der Waals surface area contributed by atoms with Crippen LogP contribution < -0.4 is 5.32 Å². The number of non-ortho nitro benzene ring substituents is 1. The van der Waals surface area contributed by atoms with E-state index in [1.54, 1.807) is 12.1 Å². The van der Waals surface area contributed by atoms with E-state index in [0.717, 1.165) is 25.7 Å². The number of nitro groups is 1. The van der Waals surface area contributed by atoms with Crippen LogP contribution >= 0.6 is 0 Å². The van der Waals surface area contributed by atoms with E-state index in [1.807, 2.05) is 0 Å². The third-order valence-corrected chi connectivity index (χ3v) is 4.46. The monoisotopic (exact) mass is 286 g/mol. The number of nitrogens with one attached hydrogen (secondary N) is 1. The van der Waals surface area contributed by atoms with E-state index in [2.05, 4.69) is 17.5 Å². The van der Waals surface area contributed by atoms with Crippen LogP contribution in [0.3, 0.4) is 0 Å². The molecule has 1 fully saturated rings. The molecule has 2 aliphatic carbocycles. The van der Waals surface area contributed by atoms with E-state index in [-0.39, 0.29) is 17.5 Å². The average molecular weight is 286 g/mol. The Morgan fingerprint density at radius 1 is 1.19 bits per heavy atom. The second-order valence-corrected chi connectivity index (χ2v) is 5.78. The minimum Gasteiger partial charge on any atom is -0.326 e. The van der Waals surface area contributed by atoms with Crippen molar-refractivity contribution in [3.8, 4) is 0 Å². The lowest BCUT2D eigenvalue weighted by Crippen LogP contribution is -2.15. The van der Waals surface area contributed by atoms with Gasteiger partial charge in [0.2, 0.25) is 5.91 Å². The van der Waals surface area contributed by atoms with Crippen LogP contribution in [0.2, 0.25) is 0 Å². The van der Waals surface area contributed by atoms with Gasteiger partial charge in [-0.15, -0.1) is 0 Å². The predicted octanol–water partition coefficient (Wildman–Crippen LogP) is 3.53. The van der Waals surface area contributed by atoms with Crippen molar-refractivity contribution in [1.29, 1.82) is 0 Å². The third-order valence-electron chi connectivity index (χ3n) is 4.46. The van der Waals surface area contributed by atoms with E-state index in [4.69, 9.17) is 0 Å². The van der Waals surface area contributed by atoms with Crippen molar-refractivity contribution in [2.24, 2.45) is 17.8 Å². The molecule has 0 aromatic heterocycles. The van der Waals surface area contributed by atoms with Gasteiger partial charge < -0.3 is 5.32 Å². The molecule has 110 valence electrons. The summed E-state index contributed by atoms with van der Waals surface area (Å²) in [6.45, 7) is 0. The summed E-state index contributed by atoms with van der Waals surface area (Å²) in [4.78, 5) is 22.6. The number of hydrogen-bond acceptors (Lipinski definition) is 3. The summed E-state index contributed by atoms with van der Waals surface area (Å²) < 4.78 is 0. The van der Waals surface area contributed by atoms with Gasteiger partial charge in [0.15, 0.2) is 0 Å². The minimum atomic E-state index is -0.452. The molecule has 0 aliphatic heterocycles. The molecule has 5 nitrogen and oxygen atoms in total. The van der Waals surface area contributed by atoms with Crippen molar-refractivity contribution < 1.29 is 9.72 Å². The van der Waals surface area contributed by atoms with Crippen LogP contribution in [-0.2, 0) is 4.79 Å². The number of rotatable bonds is 3. The molecule has 1 amide bonds. The van der Waals surface area contributed by atoms with Crippen LogP contribution in [0.25, 0.3) is 0 Å². The molecule has 1 aromatic rings. The zero-order valence-electron chi connectivity index (χ0n) is 11.7. The highest BCUT2D eigenvalue weighted by Crippen LogP contribution is 2.53. The summed E-state index contributed by atoms with van der Waals surface area (Å²) in [5.41, 5.74) is 0.505. The average Bonchev–Trinajstić information content (AvgIpc) is 3.10. The summed E-state index contributed by atoms with van der Waals surface area (Å²) in [6, 6.07) is 6.11. The number of benzene rings is 1. The SMILES string of the molecule is O=C(Nc1cccc([N+](=O)[O-])c1)C1[C@H]2CC/C=C\CC[C@H]12. The Hall–Kier alpha value is -2.17. The van der Waals surface area contributed by atoms with E-state index < -0.39 is 4.92 Å². The molecule has 1 aromatic carbocycles. The van der Waals surface area contributed by atoms with Gasteiger partial charge >= 0.3 is 0 Å². The minimum absolute atomic E-state index is 0.00110. The number of fused-ring (bicyclic) bond motifs is 1. The number of nitrogens with zero attached hydrogens (tertiary/aromatic N) is 1. The van der Waals surface area contributed by atoms with Crippen LogP contribution in [0.15, 0.2) is 36.4 Å². The molecule has 0 radical (unpaired) electrons. The number of anilines is 1. The summed E-state index contributed by atoms with van der Waals surface area (Å²) >= 11 is 0. The van der Waals surface area contributed by atoms with E-state index in [9.17, 15) is 14.9 Å². The molecule has 0 bridgehead atoms. The largest absolute Gasteiger partial charge is 0.326 e. The molecule has 0 unspecified atom stereocenters. The van der Waals surface area contributed by atoms with Crippen LogP contribution in [0.1, 0.15) is 25.7 Å². The Balaban J connectivity index is 1.65. The predicted molar refractivity (Wildman–Crippen MR) is 79.8 cm³/mol. The number of hydrogen-bond donors (Lipinski definition) is 1. The summed E-state index contributed by atoms with van der Waals surface area (Å²) in [5.74, 6) is 1.04. The van der Waals surface area contributed by atoms with Gasteiger partial charge in [-0.25, -0.2) is 0 Å². The van der Waals surface area contributed by atoms with Gasteiger partial charge in [0.1, 0.15) is 0 Å². The van der Waals surface area contributed by atoms with Crippen molar-refractivity contribution in [1.82, 2.24) is 0 Å². The number of carbonyl (C=O) groups excluding carboxylic acids is 1. The highest BCUT2D eigenvalue weighted by molar-refractivity contribution is 5.95. The zero-order chi connectivity index (χ0) is 14.8. The van der Waals surface area contributed by atoms with Gasteiger partial charge in [0.25, 0.3) is 5.69 Å². The Morgan fingerprint density at radius 2 is 1.86 bits per heavy atom. The van der Waals surface area contributed by atoms with Gasteiger partial charge in [-0.05, 0) is 43.6 Å². The van der Waals surface area contributed by atoms with E-state index in [1.165, 1.54) is 12.1 Å². The number of nitro benzene ring substituents is 1. The zero-order valence-corrected chi connectivity index (χ0v) is 11.7.